The Kier molecular flexibility index (Phi) is 5.32. The molecule has 0 aliphatic rings. The highest BCUT2D eigenvalue weighted by molar-refractivity contribution is 7.89. The largest absolute Gasteiger partial charge is 0.464 e. The van der Waals surface area contributed by atoms with E-state index in [4.69, 9.17) is 9.88 Å². The summed E-state index contributed by atoms with van der Waals surface area (Å²) in [6.45, 7) is 1.76. The molecule has 0 fully saturated rings. The first-order valence-corrected chi connectivity index (χ1v) is 10.7. The van der Waals surface area contributed by atoms with Gasteiger partial charge >= 0.3 is 5.97 Å². The van der Waals surface area contributed by atoms with Gasteiger partial charge in [0, 0.05) is 6.07 Å². The molecule has 2 aromatic heterocycles. The Hall–Kier alpha value is -3.90. The number of rotatable bonds is 5. The quantitative estimate of drug-likeness (QED) is 0.454. The van der Waals surface area contributed by atoms with Gasteiger partial charge in [-0.2, -0.15) is 5.10 Å². The molecule has 0 amide bonds. The van der Waals surface area contributed by atoms with E-state index in [-0.39, 0.29) is 16.4 Å². The molecule has 10 nitrogen and oxygen atoms in total. The number of methoxy groups -OCH3 is 1. The van der Waals surface area contributed by atoms with Crippen LogP contribution in [0.5, 0.6) is 0 Å². The van der Waals surface area contributed by atoms with Crippen LogP contribution < -0.4 is 5.14 Å². The van der Waals surface area contributed by atoms with Crippen molar-refractivity contribution in [3.05, 3.63) is 71.8 Å². The van der Waals surface area contributed by atoms with Crippen LogP contribution in [0.2, 0.25) is 0 Å². The minimum Gasteiger partial charge on any atom is -0.464 e. The lowest BCUT2D eigenvalue weighted by Gasteiger charge is -2.08. The summed E-state index contributed by atoms with van der Waals surface area (Å²) in [5, 5.41) is 17.8. The molecule has 2 N–H and O–H groups in total. The van der Waals surface area contributed by atoms with Crippen molar-refractivity contribution in [2.24, 2.45) is 5.14 Å². The van der Waals surface area contributed by atoms with Crippen LogP contribution in [-0.4, -0.2) is 46.3 Å². The van der Waals surface area contributed by atoms with E-state index < -0.39 is 16.0 Å². The van der Waals surface area contributed by atoms with Crippen LogP contribution in [-0.2, 0) is 14.8 Å². The van der Waals surface area contributed by atoms with Gasteiger partial charge in [-0.05, 0) is 55.5 Å². The average molecular weight is 456 g/mol. The van der Waals surface area contributed by atoms with Crippen molar-refractivity contribution in [2.45, 2.75) is 11.8 Å². The molecular formula is C20H17FN6O4S. The van der Waals surface area contributed by atoms with Crippen molar-refractivity contribution in [3.63, 3.8) is 0 Å². The third kappa shape index (κ3) is 3.88. The summed E-state index contributed by atoms with van der Waals surface area (Å²) in [6, 6.07) is 12.9. The topological polar surface area (TPSA) is 135 Å². The maximum absolute atomic E-state index is 13.3. The minimum absolute atomic E-state index is 0.0220. The standard InChI is InChI=1S/C20H17FN6O4S/c1-12-19(23-25-26(12)14-5-3-13(21)4-6-14)18-11-17(20(28)31-2)24-27(18)15-7-9-16(10-8-15)32(22,29)30/h3-11H,1-2H3,(H2,22,29,30). The zero-order chi connectivity index (χ0) is 23.0. The summed E-state index contributed by atoms with van der Waals surface area (Å²) in [5.74, 6) is -1.04. The van der Waals surface area contributed by atoms with E-state index in [0.717, 1.165) is 0 Å². The number of esters is 1. The summed E-state index contributed by atoms with van der Waals surface area (Å²) >= 11 is 0. The summed E-state index contributed by atoms with van der Waals surface area (Å²) in [4.78, 5) is 12.0. The second-order valence-corrected chi connectivity index (χ2v) is 8.33. The third-order valence-corrected chi connectivity index (χ3v) is 5.65. The smallest absolute Gasteiger partial charge is 0.358 e. The Morgan fingerprint density at radius 3 is 2.22 bits per heavy atom. The molecule has 0 radical (unpaired) electrons. The first-order valence-electron chi connectivity index (χ1n) is 9.19. The number of carbonyl (C=O) groups is 1. The summed E-state index contributed by atoms with van der Waals surface area (Å²) < 4.78 is 44.1. The Balaban J connectivity index is 1.85. The molecule has 0 atom stereocenters. The fourth-order valence-corrected chi connectivity index (χ4v) is 3.64. The predicted molar refractivity (Wildman–Crippen MR) is 111 cm³/mol. The molecule has 0 aliphatic carbocycles. The number of nitrogens with zero attached hydrogens (tertiary/aromatic N) is 5. The van der Waals surface area contributed by atoms with Crippen molar-refractivity contribution in [1.82, 2.24) is 24.8 Å². The maximum atomic E-state index is 13.3. The van der Waals surface area contributed by atoms with Crippen molar-refractivity contribution in [1.29, 1.82) is 0 Å². The highest BCUT2D eigenvalue weighted by Gasteiger charge is 2.22. The number of hydrogen-bond acceptors (Lipinski definition) is 7. The number of aromatic nitrogens is 5. The SMILES string of the molecule is COC(=O)c1cc(-c2nnn(-c3ccc(F)cc3)c2C)n(-c2ccc(S(N)(=O)=O)cc2)n1. The van der Waals surface area contributed by atoms with Crippen LogP contribution in [0.25, 0.3) is 22.8 Å². The molecule has 4 rings (SSSR count). The van der Waals surface area contributed by atoms with Gasteiger partial charge in [-0.1, -0.05) is 5.21 Å². The molecule has 0 bridgehead atoms. The molecule has 0 saturated carbocycles. The number of benzene rings is 2. The Labute approximate surface area is 182 Å². The summed E-state index contributed by atoms with van der Waals surface area (Å²) in [5.41, 5.74) is 2.51. The van der Waals surface area contributed by atoms with E-state index in [1.165, 1.54) is 58.9 Å². The van der Waals surface area contributed by atoms with E-state index in [0.29, 0.717) is 28.5 Å². The average Bonchev–Trinajstić information content (AvgIpc) is 3.37. The Bertz CT molecular complexity index is 1410. The van der Waals surface area contributed by atoms with Gasteiger partial charge in [-0.15, -0.1) is 5.10 Å². The van der Waals surface area contributed by atoms with Crippen LogP contribution >= 0.6 is 0 Å². The highest BCUT2D eigenvalue weighted by Crippen LogP contribution is 2.27. The lowest BCUT2D eigenvalue weighted by Crippen LogP contribution is -2.12. The molecule has 164 valence electrons. The number of primary sulfonamides is 1. The molecular weight excluding hydrogens is 439 g/mol. The minimum atomic E-state index is -3.87. The predicted octanol–water partition coefficient (Wildman–Crippen LogP) is 2.00. The van der Waals surface area contributed by atoms with Crippen LogP contribution in [0, 0.1) is 12.7 Å². The monoisotopic (exact) mass is 456 g/mol. The van der Waals surface area contributed by atoms with E-state index in [1.54, 1.807) is 19.1 Å². The number of sulfonamides is 1. The van der Waals surface area contributed by atoms with E-state index in [2.05, 4.69) is 15.4 Å². The van der Waals surface area contributed by atoms with Gasteiger partial charge in [0.2, 0.25) is 10.0 Å². The van der Waals surface area contributed by atoms with Crippen molar-refractivity contribution < 1.29 is 22.3 Å². The van der Waals surface area contributed by atoms with Gasteiger partial charge < -0.3 is 4.74 Å². The van der Waals surface area contributed by atoms with Crippen LogP contribution in [0.4, 0.5) is 4.39 Å². The van der Waals surface area contributed by atoms with E-state index in [9.17, 15) is 17.6 Å². The van der Waals surface area contributed by atoms with Gasteiger partial charge in [0.15, 0.2) is 5.69 Å². The van der Waals surface area contributed by atoms with E-state index >= 15 is 0 Å². The lowest BCUT2D eigenvalue weighted by atomic mass is 10.2. The molecule has 2 heterocycles. The van der Waals surface area contributed by atoms with Gasteiger partial charge in [0.25, 0.3) is 0 Å². The zero-order valence-electron chi connectivity index (χ0n) is 16.9. The summed E-state index contributed by atoms with van der Waals surface area (Å²) in [6.07, 6.45) is 0. The van der Waals surface area contributed by atoms with Gasteiger partial charge in [-0.3, -0.25) is 0 Å². The van der Waals surface area contributed by atoms with Crippen molar-refractivity contribution >= 4 is 16.0 Å². The van der Waals surface area contributed by atoms with Crippen LogP contribution in [0.1, 0.15) is 16.2 Å². The van der Waals surface area contributed by atoms with Crippen LogP contribution in [0.3, 0.4) is 0 Å². The van der Waals surface area contributed by atoms with Gasteiger partial charge in [0.05, 0.1) is 34.8 Å². The number of nitrogens with two attached hydrogens (primary N) is 1. The Morgan fingerprint density at radius 1 is 1.03 bits per heavy atom. The molecule has 0 aliphatic heterocycles. The number of halogens is 1. The number of hydrogen-bond donors (Lipinski definition) is 1. The first-order chi connectivity index (χ1) is 15.2. The molecule has 0 unspecified atom stereocenters. The number of ether oxygens (including phenoxy) is 1. The zero-order valence-corrected chi connectivity index (χ0v) is 17.7. The second kappa shape index (κ2) is 7.98. The maximum Gasteiger partial charge on any atom is 0.358 e. The fraction of sp³-hybridized carbons (Fsp3) is 0.100. The molecule has 0 saturated heterocycles. The van der Waals surface area contributed by atoms with Gasteiger partial charge in [-0.25, -0.2) is 32.1 Å². The highest BCUT2D eigenvalue weighted by atomic mass is 32.2. The first kappa shape index (κ1) is 21.3. The normalized spacial score (nSPS) is 11.5. The van der Waals surface area contributed by atoms with E-state index in [1.807, 2.05) is 0 Å². The molecule has 32 heavy (non-hydrogen) atoms. The van der Waals surface area contributed by atoms with Crippen LogP contribution in [0.15, 0.2) is 59.5 Å². The molecule has 0 spiro atoms. The third-order valence-electron chi connectivity index (χ3n) is 4.72. The lowest BCUT2D eigenvalue weighted by molar-refractivity contribution is 0.0593. The fourth-order valence-electron chi connectivity index (χ4n) is 3.12. The molecule has 2 aromatic carbocycles. The molecule has 4 aromatic rings. The molecule has 12 heteroatoms. The second-order valence-electron chi connectivity index (χ2n) is 6.77. The number of carbonyl (C=O) groups excluding carboxylic acids is 1. The Morgan fingerprint density at radius 2 is 1.62 bits per heavy atom. The summed E-state index contributed by atoms with van der Waals surface area (Å²) in [7, 11) is -2.64. The van der Waals surface area contributed by atoms with Gasteiger partial charge in [0.1, 0.15) is 11.5 Å². The van der Waals surface area contributed by atoms with Crippen molar-refractivity contribution in [3.8, 4) is 22.8 Å². The van der Waals surface area contributed by atoms with Crippen molar-refractivity contribution in [2.75, 3.05) is 7.11 Å².